The van der Waals surface area contributed by atoms with Gasteiger partial charge in [0.05, 0.1) is 40.1 Å². The van der Waals surface area contributed by atoms with E-state index in [0.29, 0.717) is 54.8 Å². The normalized spacial score (nSPS) is 13.3. The molecule has 3 rings (SSSR count). The van der Waals surface area contributed by atoms with Gasteiger partial charge in [0, 0.05) is 18.8 Å². The summed E-state index contributed by atoms with van der Waals surface area (Å²) >= 11 is 0. The van der Waals surface area contributed by atoms with E-state index < -0.39 is 0 Å². The van der Waals surface area contributed by atoms with Crippen molar-refractivity contribution in [1.29, 1.82) is 0 Å². The molecule has 0 bridgehead atoms. The molecule has 1 aliphatic heterocycles. The number of benzene rings is 2. The molecule has 2 amide bonds. The van der Waals surface area contributed by atoms with Gasteiger partial charge in [-0.05, 0) is 49.2 Å². The van der Waals surface area contributed by atoms with E-state index in [4.69, 9.17) is 23.7 Å². The van der Waals surface area contributed by atoms with Gasteiger partial charge in [0.1, 0.15) is 5.75 Å². The van der Waals surface area contributed by atoms with E-state index in [9.17, 15) is 9.59 Å². The summed E-state index contributed by atoms with van der Waals surface area (Å²) in [7, 11) is 4.46. The molecule has 1 saturated heterocycles. The molecule has 0 spiro atoms. The smallest absolute Gasteiger partial charge is 0.260 e. The van der Waals surface area contributed by atoms with Crippen LogP contribution in [0.4, 0.5) is 5.69 Å². The molecular weight excluding hydrogens is 428 g/mol. The highest BCUT2D eigenvalue weighted by molar-refractivity contribution is 6.07. The van der Waals surface area contributed by atoms with Crippen LogP contribution in [0.3, 0.4) is 0 Å². The number of methoxy groups -OCH3 is 3. The van der Waals surface area contributed by atoms with Crippen LogP contribution in [0.15, 0.2) is 24.3 Å². The van der Waals surface area contributed by atoms with E-state index >= 15 is 0 Å². The first-order valence-electron chi connectivity index (χ1n) is 10.6. The van der Waals surface area contributed by atoms with Gasteiger partial charge < -0.3 is 33.9 Å². The lowest BCUT2D eigenvalue weighted by Gasteiger charge is -2.27. The molecular formula is C24H30N2O7. The van der Waals surface area contributed by atoms with Gasteiger partial charge in [0.15, 0.2) is 18.1 Å². The van der Waals surface area contributed by atoms with Crippen molar-refractivity contribution in [1.82, 2.24) is 4.90 Å². The average Bonchev–Trinajstić information content (AvgIpc) is 2.82. The van der Waals surface area contributed by atoms with Gasteiger partial charge in [-0.1, -0.05) is 0 Å². The maximum Gasteiger partial charge on any atom is 0.260 e. The fourth-order valence-electron chi connectivity index (χ4n) is 3.77. The number of carbonyl (C=O) groups excluding carboxylic acids is 2. The Balaban J connectivity index is 1.73. The molecule has 0 aromatic heterocycles. The Hall–Kier alpha value is -3.46. The highest BCUT2D eigenvalue weighted by Gasteiger charge is 2.22. The van der Waals surface area contributed by atoms with E-state index in [2.05, 4.69) is 5.32 Å². The van der Waals surface area contributed by atoms with Crippen LogP contribution in [0.2, 0.25) is 0 Å². The topological polar surface area (TPSA) is 95.6 Å². The van der Waals surface area contributed by atoms with Gasteiger partial charge in [0.25, 0.3) is 11.8 Å². The minimum absolute atomic E-state index is 0.0454. The lowest BCUT2D eigenvalue weighted by atomic mass is 10.1. The van der Waals surface area contributed by atoms with Crippen molar-refractivity contribution in [2.24, 2.45) is 0 Å². The quantitative estimate of drug-likeness (QED) is 0.650. The summed E-state index contributed by atoms with van der Waals surface area (Å²) in [5.74, 6) is 1.28. The summed E-state index contributed by atoms with van der Waals surface area (Å²) in [4.78, 5) is 27.1. The van der Waals surface area contributed by atoms with Crippen molar-refractivity contribution in [2.45, 2.75) is 13.8 Å². The number of amides is 2. The number of rotatable bonds is 8. The molecule has 1 fully saturated rings. The zero-order valence-electron chi connectivity index (χ0n) is 19.6. The van der Waals surface area contributed by atoms with Gasteiger partial charge in [-0.2, -0.15) is 0 Å². The van der Waals surface area contributed by atoms with Gasteiger partial charge >= 0.3 is 0 Å². The Kier molecular flexibility index (Phi) is 8.00. The van der Waals surface area contributed by atoms with Crippen LogP contribution < -0.4 is 24.3 Å². The molecule has 0 radical (unpaired) electrons. The van der Waals surface area contributed by atoms with E-state index in [1.807, 2.05) is 13.8 Å². The maximum atomic E-state index is 13.0. The first-order valence-corrected chi connectivity index (χ1v) is 10.6. The number of aryl methyl sites for hydroxylation is 2. The summed E-state index contributed by atoms with van der Waals surface area (Å²) in [6.45, 7) is 5.93. The van der Waals surface area contributed by atoms with Gasteiger partial charge in [-0.15, -0.1) is 0 Å². The predicted molar refractivity (Wildman–Crippen MR) is 123 cm³/mol. The summed E-state index contributed by atoms with van der Waals surface area (Å²) in [5, 5.41) is 2.89. The summed E-state index contributed by atoms with van der Waals surface area (Å²) < 4.78 is 27.1. The molecule has 0 saturated carbocycles. The average molecular weight is 459 g/mol. The first kappa shape index (κ1) is 24.2. The molecule has 1 aliphatic rings. The second kappa shape index (κ2) is 10.9. The number of nitrogens with zero attached hydrogens (tertiary/aromatic N) is 1. The molecule has 178 valence electrons. The fourth-order valence-corrected chi connectivity index (χ4v) is 3.77. The van der Waals surface area contributed by atoms with Crippen molar-refractivity contribution in [3.8, 4) is 23.0 Å². The molecule has 0 aliphatic carbocycles. The van der Waals surface area contributed by atoms with E-state index in [1.165, 1.54) is 21.3 Å². The predicted octanol–water partition coefficient (Wildman–Crippen LogP) is 2.82. The first-order chi connectivity index (χ1) is 15.9. The second-order valence-electron chi connectivity index (χ2n) is 7.56. The summed E-state index contributed by atoms with van der Waals surface area (Å²) in [6.07, 6.45) is 0. The number of ether oxygens (including phenoxy) is 5. The molecule has 1 N–H and O–H groups in total. The Morgan fingerprint density at radius 1 is 0.939 bits per heavy atom. The van der Waals surface area contributed by atoms with Crippen LogP contribution in [0.5, 0.6) is 23.0 Å². The molecule has 33 heavy (non-hydrogen) atoms. The molecule has 2 aromatic carbocycles. The maximum absolute atomic E-state index is 13.0. The van der Waals surface area contributed by atoms with Gasteiger partial charge in [-0.25, -0.2) is 0 Å². The Bertz CT molecular complexity index is 993. The van der Waals surface area contributed by atoms with Crippen LogP contribution in [-0.2, 0) is 9.53 Å². The monoisotopic (exact) mass is 458 g/mol. The zero-order valence-corrected chi connectivity index (χ0v) is 19.6. The van der Waals surface area contributed by atoms with Crippen molar-refractivity contribution < 1.29 is 33.3 Å². The standard InChI is InChI=1S/C24H30N2O7/c1-15-12-17(13-16(2)21(15)33-14-20(27)26-8-10-32-11-9-26)25-24(28)18-6-7-19(29-3)23(31-5)22(18)30-4/h6-7,12-13H,8-11,14H2,1-5H3,(H,25,28). The fraction of sp³-hybridized carbons (Fsp3) is 0.417. The third-order valence-electron chi connectivity index (χ3n) is 5.37. The summed E-state index contributed by atoms with van der Waals surface area (Å²) in [6, 6.07) is 6.86. The Morgan fingerprint density at radius 3 is 2.15 bits per heavy atom. The van der Waals surface area contributed by atoms with Crippen molar-refractivity contribution >= 4 is 17.5 Å². The number of anilines is 1. The Morgan fingerprint density at radius 2 is 1.58 bits per heavy atom. The third-order valence-corrected chi connectivity index (χ3v) is 5.37. The molecule has 9 heteroatoms. The number of hydrogen-bond donors (Lipinski definition) is 1. The molecule has 0 atom stereocenters. The largest absolute Gasteiger partial charge is 0.493 e. The highest BCUT2D eigenvalue weighted by Crippen LogP contribution is 2.40. The lowest BCUT2D eigenvalue weighted by Crippen LogP contribution is -2.43. The van der Waals surface area contributed by atoms with E-state index in [1.54, 1.807) is 29.2 Å². The van der Waals surface area contributed by atoms with Crippen LogP contribution in [0.25, 0.3) is 0 Å². The zero-order chi connectivity index (χ0) is 24.0. The minimum Gasteiger partial charge on any atom is -0.493 e. The highest BCUT2D eigenvalue weighted by atomic mass is 16.5. The summed E-state index contributed by atoms with van der Waals surface area (Å²) in [5.41, 5.74) is 2.51. The number of morpholine rings is 1. The van der Waals surface area contributed by atoms with E-state index in [-0.39, 0.29) is 24.2 Å². The Labute approximate surface area is 193 Å². The van der Waals surface area contributed by atoms with Crippen LogP contribution in [0, 0.1) is 13.8 Å². The van der Waals surface area contributed by atoms with Crippen LogP contribution in [0.1, 0.15) is 21.5 Å². The number of nitrogens with one attached hydrogen (secondary N) is 1. The van der Waals surface area contributed by atoms with Gasteiger partial charge in [0.2, 0.25) is 5.75 Å². The van der Waals surface area contributed by atoms with Crippen molar-refractivity contribution in [2.75, 3.05) is 59.6 Å². The van der Waals surface area contributed by atoms with Crippen LogP contribution in [-0.4, -0.2) is 71.0 Å². The van der Waals surface area contributed by atoms with Gasteiger partial charge in [-0.3, -0.25) is 9.59 Å². The van der Waals surface area contributed by atoms with Crippen molar-refractivity contribution in [3.05, 3.63) is 41.0 Å². The lowest BCUT2D eigenvalue weighted by molar-refractivity contribution is -0.137. The minimum atomic E-state index is -0.359. The molecule has 0 unspecified atom stereocenters. The third kappa shape index (κ3) is 5.48. The number of carbonyl (C=O) groups is 2. The van der Waals surface area contributed by atoms with E-state index in [0.717, 1.165) is 11.1 Å². The van der Waals surface area contributed by atoms with Crippen LogP contribution >= 0.6 is 0 Å². The second-order valence-corrected chi connectivity index (χ2v) is 7.56. The van der Waals surface area contributed by atoms with Crippen molar-refractivity contribution in [3.63, 3.8) is 0 Å². The molecule has 2 aromatic rings. The number of hydrogen-bond acceptors (Lipinski definition) is 7. The molecule has 1 heterocycles. The SMILES string of the molecule is COc1ccc(C(=O)Nc2cc(C)c(OCC(=O)N3CCOCC3)c(C)c2)c(OC)c1OC. The molecule has 9 nitrogen and oxygen atoms in total.